The molecule has 180 valence electrons. The summed E-state index contributed by atoms with van der Waals surface area (Å²) >= 11 is 9.52. The number of carbonyl (C=O) groups excluding carboxylic acids is 1. The van der Waals surface area contributed by atoms with E-state index in [1.165, 1.54) is 0 Å². The van der Waals surface area contributed by atoms with E-state index in [1.54, 1.807) is 39.8 Å². The van der Waals surface area contributed by atoms with Gasteiger partial charge in [-0.25, -0.2) is 4.98 Å². The Bertz CT molecular complexity index is 1400. The monoisotopic (exact) mass is 551 g/mol. The number of para-hydroxylation sites is 1. The van der Waals surface area contributed by atoms with Gasteiger partial charge < -0.3 is 4.90 Å². The van der Waals surface area contributed by atoms with Crippen LogP contribution in [-0.2, 0) is 0 Å². The maximum Gasteiger partial charge on any atom is 0.266 e. The van der Waals surface area contributed by atoms with Crippen LogP contribution in [0.3, 0.4) is 0 Å². The average Bonchev–Trinajstić information content (AvgIpc) is 2.85. The van der Waals surface area contributed by atoms with Crippen LogP contribution in [0.4, 0.5) is 0 Å². The lowest BCUT2D eigenvalue weighted by atomic mass is 10.1. The van der Waals surface area contributed by atoms with Crippen molar-refractivity contribution in [1.82, 2.24) is 14.5 Å². The van der Waals surface area contributed by atoms with Crippen LogP contribution >= 0.6 is 27.5 Å². The van der Waals surface area contributed by atoms with Gasteiger partial charge in [-0.1, -0.05) is 53.5 Å². The molecule has 0 aliphatic rings. The minimum atomic E-state index is -0.460. The summed E-state index contributed by atoms with van der Waals surface area (Å²) in [4.78, 5) is 34.1. The van der Waals surface area contributed by atoms with Gasteiger partial charge in [-0.3, -0.25) is 14.2 Å². The fourth-order valence-electron chi connectivity index (χ4n) is 4.04. The quantitative estimate of drug-likeness (QED) is 0.247. The Morgan fingerprint density at radius 3 is 2.31 bits per heavy atom. The predicted octanol–water partition coefficient (Wildman–Crippen LogP) is 7.05. The highest BCUT2D eigenvalue weighted by atomic mass is 79.9. The number of hydrogen-bond donors (Lipinski definition) is 0. The van der Waals surface area contributed by atoms with Crippen molar-refractivity contribution in [2.24, 2.45) is 5.92 Å². The predicted molar refractivity (Wildman–Crippen MR) is 145 cm³/mol. The van der Waals surface area contributed by atoms with Crippen LogP contribution in [0.2, 0.25) is 5.02 Å². The third kappa shape index (κ3) is 5.49. The first-order chi connectivity index (χ1) is 16.8. The molecule has 4 rings (SSSR count). The molecule has 0 aliphatic heterocycles. The van der Waals surface area contributed by atoms with Crippen LogP contribution < -0.4 is 5.56 Å². The fourth-order valence-corrected chi connectivity index (χ4v) is 4.43. The highest BCUT2D eigenvalue weighted by Gasteiger charge is 2.27. The van der Waals surface area contributed by atoms with E-state index < -0.39 is 6.04 Å². The number of halogens is 2. The largest absolute Gasteiger partial charge is 0.329 e. The summed E-state index contributed by atoms with van der Waals surface area (Å²) in [7, 11) is 0. The van der Waals surface area contributed by atoms with Crippen LogP contribution in [0.1, 0.15) is 49.4 Å². The maximum absolute atomic E-state index is 13.7. The average molecular weight is 553 g/mol. The summed E-state index contributed by atoms with van der Waals surface area (Å²) in [5.41, 5.74) is 1.68. The molecular formula is C28H27BrClN3O2. The van der Waals surface area contributed by atoms with Crippen molar-refractivity contribution >= 4 is 44.3 Å². The summed E-state index contributed by atoms with van der Waals surface area (Å²) in [6.07, 6.45) is 0.819. The number of amides is 1. The van der Waals surface area contributed by atoms with Gasteiger partial charge in [0.05, 0.1) is 22.6 Å². The van der Waals surface area contributed by atoms with E-state index in [-0.39, 0.29) is 11.5 Å². The molecule has 1 aromatic heterocycles. The Morgan fingerprint density at radius 2 is 1.66 bits per heavy atom. The summed E-state index contributed by atoms with van der Waals surface area (Å²) in [5.74, 6) is 0.794. The molecule has 0 bridgehead atoms. The molecule has 0 radical (unpaired) electrons. The molecule has 0 N–H and O–H groups in total. The Labute approximate surface area is 218 Å². The summed E-state index contributed by atoms with van der Waals surface area (Å²) in [6, 6.07) is 21.3. The van der Waals surface area contributed by atoms with Gasteiger partial charge in [0.2, 0.25) is 0 Å². The van der Waals surface area contributed by atoms with Crippen LogP contribution in [0.25, 0.3) is 16.6 Å². The number of carbonyl (C=O) groups is 1. The topological polar surface area (TPSA) is 55.2 Å². The lowest BCUT2D eigenvalue weighted by Gasteiger charge is -2.31. The van der Waals surface area contributed by atoms with Gasteiger partial charge in [0.1, 0.15) is 5.82 Å². The number of rotatable bonds is 7. The van der Waals surface area contributed by atoms with E-state index in [0.29, 0.717) is 45.5 Å². The number of nitrogens with zero attached hydrogens (tertiary/aromatic N) is 3. The summed E-state index contributed by atoms with van der Waals surface area (Å²) in [6.45, 7) is 6.71. The van der Waals surface area contributed by atoms with Gasteiger partial charge in [-0.2, -0.15) is 0 Å². The van der Waals surface area contributed by atoms with Crippen molar-refractivity contribution in [2.75, 3.05) is 6.54 Å². The SMILES string of the molecule is CC(C)CCN(C(=O)c1ccc(Cl)cc1)C(C)c1nc2ccccc2c(=O)n1-c1ccc(Br)cc1. The Hall–Kier alpha value is -2.96. The van der Waals surface area contributed by atoms with Crippen LogP contribution in [-0.4, -0.2) is 26.9 Å². The van der Waals surface area contributed by atoms with Gasteiger partial charge in [0.25, 0.3) is 11.5 Å². The minimum Gasteiger partial charge on any atom is -0.329 e. The highest BCUT2D eigenvalue weighted by Crippen LogP contribution is 2.26. The Morgan fingerprint density at radius 1 is 1.00 bits per heavy atom. The molecule has 0 saturated heterocycles. The van der Waals surface area contributed by atoms with Gasteiger partial charge in [-0.05, 0) is 79.9 Å². The second-order valence-electron chi connectivity index (χ2n) is 8.97. The fraction of sp³-hybridized carbons (Fsp3) is 0.250. The van der Waals surface area contributed by atoms with Crippen molar-refractivity contribution in [2.45, 2.75) is 33.2 Å². The second-order valence-corrected chi connectivity index (χ2v) is 10.3. The maximum atomic E-state index is 13.7. The lowest BCUT2D eigenvalue weighted by molar-refractivity contribution is 0.0671. The first kappa shape index (κ1) is 25.1. The van der Waals surface area contributed by atoms with Crippen molar-refractivity contribution in [3.05, 3.63) is 104 Å². The Kier molecular flexibility index (Phi) is 7.72. The summed E-state index contributed by atoms with van der Waals surface area (Å²) in [5, 5.41) is 1.10. The lowest BCUT2D eigenvalue weighted by Crippen LogP contribution is -2.38. The zero-order valence-corrected chi connectivity index (χ0v) is 22.3. The minimum absolute atomic E-state index is 0.125. The molecule has 4 aromatic rings. The van der Waals surface area contributed by atoms with E-state index in [4.69, 9.17) is 16.6 Å². The zero-order valence-electron chi connectivity index (χ0n) is 19.9. The normalized spacial score (nSPS) is 12.2. The molecule has 0 saturated carbocycles. The smallest absolute Gasteiger partial charge is 0.266 e. The van der Waals surface area contributed by atoms with Crippen molar-refractivity contribution in [3.8, 4) is 5.69 Å². The van der Waals surface area contributed by atoms with Crippen LogP contribution in [0.15, 0.2) is 82.1 Å². The van der Waals surface area contributed by atoms with Crippen LogP contribution in [0, 0.1) is 5.92 Å². The molecule has 3 aromatic carbocycles. The zero-order chi connectivity index (χ0) is 25.1. The number of aromatic nitrogens is 2. The number of benzene rings is 3. The molecule has 0 spiro atoms. The molecule has 0 fully saturated rings. The van der Waals surface area contributed by atoms with Gasteiger partial charge in [-0.15, -0.1) is 0 Å². The first-order valence-electron chi connectivity index (χ1n) is 11.6. The molecule has 1 amide bonds. The van der Waals surface area contributed by atoms with Gasteiger partial charge in [0.15, 0.2) is 0 Å². The summed E-state index contributed by atoms with van der Waals surface area (Å²) < 4.78 is 2.53. The van der Waals surface area contributed by atoms with E-state index >= 15 is 0 Å². The molecule has 1 heterocycles. The van der Waals surface area contributed by atoms with Gasteiger partial charge in [0, 0.05) is 21.6 Å². The molecular weight excluding hydrogens is 526 g/mol. The molecule has 0 aliphatic carbocycles. The third-order valence-electron chi connectivity index (χ3n) is 6.03. The Balaban J connectivity index is 1.88. The van der Waals surface area contributed by atoms with Crippen LogP contribution in [0.5, 0.6) is 0 Å². The highest BCUT2D eigenvalue weighted by molar-refractivity contribution is 9.10. The molecule has 1 unspecified atom stereocenters. The molecule has 35 heavy (non-hydrogen) atoms. The van der Waals surface area contributed by atoms with Crippen molar-refractivity contribution in [1.29, 1.82) is 0 Å². The van der Waals surface area contributed by atoms with Gasteiger partial charge >= 0.3 is 0 Å². The van der Waals surface area contributed by atoms with Crippen molar-refractivity contribution in [3.63, 3.8) is 0 Å². The van der Waals surface area contributed by atoms with E-state index in [1.807, 2.05) is 49.4 Å². The molecule has 5 nitrogen and oxygen atoms in total. The third-order valence-corrected chi connectivity index (χ3v) is 6.81. The number of hydrogen-bond acceptors (Lipinski definition) is 3. The standard InChI is InChI=1S/C28H27BrClN3O2/c1-18(2)16-17-32(27(34)20-8-12-22(30)13-9-20)19(3)26-31-25-7-5-4-6-24(25)28(35)33(26)23-14-10-21(29)11-15-23/h4-15,18-19H,16-17H2,1-3H3. The molecule has 7 heteroatoms. The number of fused-ring (bicyclic) bond motifs is 1. The van der Waals surface area contributed by atoms with E-state index in [0.717, 1.165) is 10.9 Å². The first-order valence-corrected chi connectivity index (χ1v) is 12.8. The van der Waals surface area contributed by atoms with Crippen molar-refractivity contribution < 1.29 is 4.79 Å². The van der Waals surface area contributed by atoms with E-state index in [9.17, 15) is 9.59 Å². The van der Waals surface area contributed by atoms with E-state index in [2.05, 4.69) is 29.8 Å². The molecule has 1 atom stereocenters. The second kappa shape index (κ2) is 10.8.